The van der Waals surface area contributed by atoms with Gasteiger partial charge in [-0.2, -0.15) is 0 Å². The Hall–Kier alpha value is -1.79. The van der Waals surface area contributed by atoms with Gasteiger partial charge in [-0.3, -0.25) is 14.4 Å². The molecule has 6 heteroatoms. The number of ketones is 2. The van der Waals surface area contributed by atoms with Crippen molar-refractivity contribution >= 4 is 17.5 Å². The number of carboxylic acids is 1. The fourth-order valence-corrected chi connectivity index (χ4v) is 8.46. The maximum atomic E-state index is 13.8. The zero-order chi connectivity index (χ0) is 26.1. The molecule has 0 aromatic carbocycles. The van der Waals surface area contributed by atoms with Gasteiger partial charge in [0.05, 0.1) is 17.6 Å². The summed E-state index contributed by atoms with van der Waals surface area (Å²) in [7, 11) is 0. The molecule has 0 radical (unpaired) electrons. The highest BCUT2D eigenvalue weighted by molar-refractivity contribution is 6.11. The number of hydrogen-bond donors (Lipinski definition) is 3. The predicted octanol–water partition coefficient (Wildman–Crippen LogP) is 4.48. The Morgan fingerprint density at radius 3 is 2.40 bits per heavy atom. The lowest BCUT2D eigenvalue weighted by molar-refractivity contribution is -0.170. The van der Waals surface area contributed by atoms with Crippen molar-refractivity contribution < 1.29 is 29.7 Å². The maximum Gasteiger partial charge on any atom is 0.310 e. The number of carbonyl (C=O) groups excluding carboxylic acids is 2. The lowest BCUT2D eigenvalue weighted by Crippen LogP contribution is -2.61. The third-order valence-electron chi connectivity index (χ3n) is 10.8. The normalized spacial score (nSPS) is 42.7. The summed E-state index contributed by atoms with van der Waals surface area (Å²) in [6.45, 7) is 13.6. The number of rotatable bonds is 6. The third kappa shape index (κ3) is 3.87. The van der Waals surface area contributed by atoms with E-state index in [9.17, 15) is 29.7 Å². The van der Waals surface area contributed by atoms with Gasteiger partial charge in [0, 0.05) is 35.3 Å². The van der Waals surface area contributed by atoms with E-state index in [1.807, 2.05) is 6.92 Å². The lowest BCUT2D eigenvalue weighted by Gasteiger charge is -2.57. The van der Waals surface area contributed by atoms with Crippen molar-refractivity contribution in [3.63, 3.8) is 0 Å². The van der Waals surface area contributed by atoms with E-state index >= 15 is 0 Å². The highest BCUT2D eigenvalue weighted by Gasteiger charge is 2.64. The number of aliphatic hydroxyl groups is 2. The molecule has 4 aliphatic carbocycles. The van der Waals surface area contributed by atoms with Crippen LogP contribution in [-0.4, -0.2) is 44.6 Å². The van der Waals surface area contributed by atoms with E-state index < -0.39 is 34.9 Å². The summed E-state index contributed by atoms with van der Waals surface area (Å²) in [4.78, 5) is 38.8. The van der Waals surface area contributed by atoms with Crippen LogP contribution in [-0.2, 0) is 14.4 Å². The van der Waals surface area contributed by atoms with Gasteiger partial charge in [0.15, 0.2) is 11.6 Å². The van der Waals surface area contributed by atoms with Crippen LogP contribution in [0.5, 0.6) is 0 Å². The van der Waals surface area contributed by atoms with Gasteiger partial charge >= 0.3 is 5.97 Å². The first-order chi connectivity index (χ1) is 16.2. The summed E-state index contributed by atoms with van der Waals surface area (Å²) in [6, 6.07) is 0. The van der Waals surface area contributed by atoms with Crippen molar-refractivity contribution in [2.45, 2.75) is 97.7 Å². The van der Waals surface area contributed by atoms with Crippen molar-refractivity contribution in [2.75, 3.05) is 0 Å². The molecule has 0 saturated heterocycles. The minimum Gasteiger partial charge on any atom is -0.481 e. The molecule has 0 bridgehead atoms. The number of aliphatic carboxylic acids is 1. The fraction of sp³-hybridized carbons (Fsp3) is 0.759. The van der Waals surface area contributed by atoms with Crippen molar-refractivity contribution in [1.29, 1.82) is 0 Å². The molecule has 0 aromatic heterocycles. The zero-order valence-electron chi connectivity index (χ0n) is 21.9. The van der Waals surface area contributed by atoms with Crippen LogP contribution in [0.25, 0.3) is 0 Å². The molecule has 194 valence electrons. The molecular formula is C29H42O6. The van der Waals surface area contributed by atoms with Crippen LogP contribution in [0.15, 0.2) is 23.3 Å². The lowest BCUT2D eigenvalue weighted by atomic mass is 9.47. The molecule has 3 N–H and O–H groups in total. The molecule has 2 fully saturated rings. The summed E-state index contributed by atoms with van der Waals surface area (Å²) >= 11 is 0. The van der Waals surface area contributed by atoms with E-state index in [-0.39, 0.29) is 41.2 Å². The monoisotopic (exact) mass is 486 g/mol. The number of Topliss-reactive ketones (excluding diaryl/α,β-unsaturated/α-hetero) is 2. The van der Waals surface area contributed by atoms with Crippen LogP contribution in [0.1, 0.15) is 86.0 Å². The van der Waals surface area contributed by atoms with Gasteiger partial charge in [0.2, 0.25) is 0 Å². The minimum atomic E-state index is -1.40. The maximum absolute atomic E-state index is 13.8. The van der Waals surface area contributed by atoms with Gasteiger partial charge in [-0.15, -0.1) is 0 Å². The van der Waals surface area contributed by atoms with Gasteiger partial charge in [-0.1, -0.05) is 32.9 Å². The van der Waals surface area contributed by atoms with E-state index in [0.717, 1.165) is 24.8 Å². The van der Waals surface area contributed by atoms with E-state index in [1.165, 1.54) is 0 Å². The van der Waals surface area contributed by atoms with Crippen LogP contribution in [0, 0.1) is 40.4 Å². The Labute approximate surface area is 208 Å². The second kappa shape index (κ2) is 8.65. The smallest absolute Gasteiger partial charge is 0.310 e. The van der Waals surface area contributed by atoms with Crippen molar-refractivity contribution in [2.24, 2.45) is 40.4 Å². The second-order valence-electron chi connectivity index (χ2n) is 12.7. The third-order valence-corrected chi connectivity index (χ3v) is 10.8. The number of aliphatic hydroxyl groups excluding tert-OH is 1. The summed E-state index contributed by atoms with van der Waals surface area (Å²) in [5, 5.41) is 30.9. The number of carboxylic acid groups (broad SMARTS) is 1. The molecule has 4 aliphatic rings. The average Bonchev–Trinajstić information content (AvgIpc) is 3.12. The van der Waals surface area contributed by atoms with Gasteiger partial charge in [-0.25, -0.2) is 0 Å². The first-order valence-corrected chi connectivity index (χ1v) is 13.3. The molecule has 2 saturated carbocycles. The highest BCUT2D eigenvalue weighted by atomic mass is 16.4. The Bertz CT molecular complexity index is 991. The van der Waals surface area contributed by atoms with Crippen LogP contribution >= 0.6 is 0 Å². The largest absolute Gasteiger partial charge is 0.481 e. The molecule has 0 unspecified atom stereocenters. The molecule has 0 aliphatic heterocycles. The Morgan fingerprint density at radius 2 is 1.77 bits per heavy atom. The first kappa shape index (κ1) is 26.3. The SMILES string of the molecule is C=C(CC[C@@H](C)[C@H]1CC[C@H]2C3=C(C(=O)C[C@]12C)[C@@]1(C)CC[C@@H](O)[C@](C)(O)[C@@H]1CC3=O)[C@H](C)C(=O)O. The van der Waals surface area contributed by atoms with E-state index in [0.29, 0.717) is 36.8 Å². The first-order valence-electron chi connectivity index (χ1n) is 13.3. The fourth-order valence-electron chi connectivity index (χ4n) is 8.46. The van der Waals surface area contributed by atoms with Crippen molar-refractivity contribution in [3.8, 4) is 0 Å². The Morgan fingerprint density at radius 1 is 1.11 bits per heavy atom. The van der Waals surface area contributed by atoms with E-state index in [4.69, 9.17) is 0 Å². The van der Waals surface area contributed by atoms with Gasteiger partial charge < -0.3 is 15.3 Å². The van der Waals surface area contributed by atoms with Gasteiger partial charge in [0.1, 0.15) is 0 Å². The topological polar surface area (TPSA) is 112 Å². The standard InChI is InChI=1S/C29H42O6/c1-15(17(3)26(33)34)7-8-16(2)18-9-10-19-24-20(30)13-22-27(4,12-11-23(32)29(22,6)35)25(24)21(31)14-28(18,19)5/h16-19,22-23,32,35H,1,7-14H2,2-6H3,(H,33,34)/t16-,17+,18-,19+,22-,23-,27+,28-,29-/m1/s1. The predicted molar refractivity (Wildman–Crippen MR) is 132 cm³/mol. The second-order valence-corrected chi connectivity index (χ2v) is 12.7. The molecule has 6 nitrogen and oxygen atoms in total. The Balaban J connectivity index is 1.63. The number of hydrogen-bond acceptors (Lipinski definition) is 5. The number of allylic oxidation sites excluding steroid dienone is 2. The zero-order valence-corrected chi connectivity index (χ0v) is 21.9. The average molecular weight is 487 g/mol. The Kier molecular flexibility index (Phi) is 6.50. The molecule has 4 rings (SSSR count). The highest BCUT2D eigenvalue weighted by Crippen LogP contribution is 2.65. The van der Waals surface area contributed by atoms with Crippen molar-refractivity contribution in [3.05, 3.63) is 23.3 Å². The summed E-state index contributed by atoms with van der Waals surface area (Å²) in [6.07, 6.45) is 3.97. The molecule has 0 aromatic rings. The van der Waals surface area contributed by atoms with Gasteiger partial charge in [0.25, 0.3) is 0 Å². The van der Waals surface area contributed by atoms with E-state index in [1.54, 1.807) is 13.8 Å². The van der Waals surface area contributed by atoms with Crippen LogP contribution in [0.4, 0.5) is 0 Å². The molecule has 0 amide bonds. The van der Waals surface area contributed by atoms with Crippen molar-refractivity contribution in [1.82, 2.24) is 0 Å². The van der Waals surface area contributed by atoms with Crippen LogP contribution in [0.2, 0.25) is 0 Å². The molecule has 0 heterocycles. The number of carbonyl (C=O) groups is 3. The van der Waals surface area contributed by atoms with Crippen LogP contribution < -0.4 is 0 Å². The quantitative estimate of drug-likeness (QED) is 0.477. The number of fused-ring (bicyclic) bond motifs is 4. The van der Waals surface area contributed by atoms with E-state index in [2.05, 4.69) is 20.4 Å². The van der Waals surface area contributed by atoms with Gasteiger partial charge in [-0.05, 0) is 75.5 Å². The molecule has 0 spiro atoms. The minimum absolute atomic E-state index is 0.0295. The van der Waals surface area contributed by atoms with Crippen LogP contribution in [0.3, 0.4) is 0 Å². The molecular weight excluding hydrogens is 444 g/mol. The summed E-state index contributed by atoms with van der Waals surface area (Å²) < 4.78 is 0. The molecule has 9 atom stereocenters. The summed E-state index contributed by atoms with van der Waals surface area (Å²) in [5.41, 5.74) is -0.214. The summed E-state index contributed by atoms with van der Waals surface area (Å²) in [5.74, 6) is -1.30. The molecule has 35 heavy (non-hydrogen) atoms.